The number of rotatable bonds is 1. The van der Waals surface area contributed by atoms with Gasteiger partial charge in [-0.1, -0.05) is 6.07 Å². The van der Waals surface area contributed by atoms with Gasteiger partial charge >= 0.3 is 5.69 Å². The fourth-order valence-electron chi connectivity index (χ4n) is 1.88. The number of benzene rings is 1. The predicted molar refractivity (Wildman–Crippen MR) is 54.9 cm³/mol. The van der Waals surface area contributed by atoms with E-state index in [9.17, 15) is 10.1 Å². The van der Waals surface area contributed by atoms with Gasteiger partial charge in [0.25, 0.3) is 0 Å². The van der Waals surface area contributed by atoms with Crippen molar-refractivity contribution in [3.63, 3.8) is 0 Å². The van der Waals surface area contributed by atoms with Crippen molar-refractivity contribution in [3.8, 4) is 5.75 Å². The maximum atomic E-state index is 10.8. The normalized spacial score (nSPS) is 19.2. The first-order valence-electron chi connectivity index (χ1n) is 4.77. The van der Waals surface area contributed by atoms with E-state index in [1.165, 1.54) is 6.07 Å². The standard InChI is InChI=1S/C10H12N2O3/c1-6-2-3-8(12(13)14)10-9(6)7(11)4-5-15-10/h2-3,7H,4-5,11H2,1H3/t7-/m1/s1. The van der Waals surface area contributed by atoms with Crippen LogP contribution in [0.25, 0.3) is 0 Å². The number of nitrogens with two attached hydrogens (primary N) is 1. The molecule has 0 radical (unpaired) electrons. The third-order valence-corrected chi connectivity index (χ3v) is 2.64. The molecule has 2 N–H and O–H groups in total. The minimum Gasteiger partial charge on any atom is -0.486 e. The average Bonchev–Trinajstić information content (AvgIpc) is 2.17. The highest BCUT2D eigenvalue weighted by Crippen LogP contribution is 2.40. The van der Waals surface area contributed by atoms with E-state index in [-0.39, 0.29) is 11.7 Å². The summed E-state index contributed by atoms with van der Waals surface area (Å²) in [6, 6.07) is 3.02. The molecule has 5 heteroatoms. The summed E-state index contributed by atoms with van der Waals surface area (Å²) in [5.74, 6) is 0.346. The molecule has 0 amide bonds. The fourth-order valence-corrected chi connectivity index (χ4v) is 1.88. The summed E-state index contributed by atoms with van der Waals surface area (Å²) in [4.78, 5) is 10.3. The lowest BCUT2D eigenvalue weighted by molar-refractivity contribution is -0.386. The van der Waals surface area contributed by atoms with Gasteiger partial charge in [0, 0.05) is 24.1 Å². The zero-order chi connectivity index (χ0) is 11.0. The Morgan fingerprint density at radius 2 is 2.33 bits per heavy atom. The molecular formula is C10H12N2O3. The van der Waals surface area contributed by atoms with Crippen LogP contribution in [0.5, 0.6) is 5.75 Å². The second-order valence-corrected chi connectivity index (χ2v) is 3.65. The molecule has 0 aromatic heterocycles. The monoisotopic (exact) mass is 208 g/mol. The Hall–Kier alpha value is -1.62. The summed E-state index contributed by atoms with van der Waals surface area (Å²) in [5, 5.41) is 10.8. The quantitative estimate of drug-likeness (QED) is 0.562. The Morgan fingerprint density at radius 1 is 1.60 bits per heavy atom. The molecule has 5 nitrogen and oxygen atoms in total. The molecule has 1 aromatic rings. The van der Waals surface area contributed by atoms with Crippen LogP contribution in [0.2, 0.25) is 0 Å². The van der Waals surface area contributed by atoms with Gasteiger partial charge < -0.3 is 10.5 Å². The minimum absolute atomic E-state index is 0.00532. The molecular weight excluding hydrogens is 196 g/mol. The SMILES string of the molecule is Cc1ccc([N+](=O)[O-])c2c1[C@H](N)CCO2. The predicted octanol–water partition coefficient (Wildman–Crippen LogP) is 1.69. The summed E-state index contributed by atoms with van der Waals surface area (Å²) in [5.41, 5.74) is 7.64. The van der Waals surface area contributed by atoms with Gasteiger partial charge in [-0.25, -0.2) is 0 Å². The van der Waals surface area contributed by atoms with Crippen LogP contribution < -0.4 is 10.5 Å². The number of hydrogen-bond donors (Lipinski definition) is 1. The van der Waals surface area contributed by atoms with Crippen molar-refractivity contribution in [2.45, 2.75) is 19.4 Å². The third-order valence-electron chi connectivity index (χ3n) is 2.64. The van der Waals surface area contributed by atoms with Gasteiger partial charge in [0.15, 0.2) is 0 Å². The van der Waals surface area contributed by atoms with Crippen molar-refractivity contribution in [3.05, 3.63) is 33.4 Å². The smallest absolute Gasteiger partial charge is 0.311 e. The molecule has 1 aliphatic rings. The summed E-state index contributed by atoms with van der Waals surface area (Å²) >= 11 is 0. The number of nitro benzene ring substituents is 1. The van der Waals surface area contributed by atoms with Crippen LogP contribution in [0.1, 0.15) is 23.6 Å². The summed E-state index contributed by atoms with van der Waals surface area (Å²) in [6.45, 7) is 2.33. The van der Waals surface area contributed by atoms with Gasteiger partial charge in [0.2, 0.25) is 5.75 Å². The van der Waals surface area contributed by atoms with Crippen LogP contribution in [0.3, 0.4) is 0 Å². The van der Waals surface area contributed by atoms with Gasteiger partial charge in [0.05, 0.1) is 11.5 Å². The summed E-state index contributed by atoms with van der Waals surface area (Å²) < 4.78 is 5.35. The number of ether oxygens (including phenoxy) is 1. The first-order chi connectivity index (χ1) is 7.11. The third kappa shape index (κ3) is 1.55. The van der Waals surface area contributed by atoms with E-state index in [1.807, 2.05) is 6.92 Å². The number of nitrogens with zero attached hydrogens (tertiary/aromatic N) is 1. The fraction of sp³-hybridized carbons (Fsp3) is 0.400. The van der Waals surface area contributed by atoms with Crippen LogP contribution in [0.4, 0.5) is 5.69 Å². The lowest BCUT2D eigenvalue weighted by atomic mass is 9.96. The first-order valence-corrected chi connectivity index (χ1v) is 4.77. The highest BCUT2D eigenvalue weighted by molar-refractivity contribution is 5.56. The molecule has 2 rings (SSSR count). The van der Waals surface area contributed by atoms with Crippen LogP contribution in [0, 0.1) is 17.0 Å². The zero-order valence-electron chi connectivity index (χ0n) is 8.40. The molecule has 1 aromatic carbocycles. The number of nitro groups is 1. The van der Waals surface area contributed by atoms with Gasteiger partial charge in [-0.15, -0.1) is 0 Å². The van der Waals surface area contributed by atoms with Crippen LogP contribution in [-0.2, 0) is 0 Å². The topological polar surface area (TPSA) is 78.4 Å². The highest BCUT2D eigenvalue weighted by atomic mass is 16.6. The largest absolute Gasteiger partial charge is 0.486 e. The Bertz CT molecular complexity index is 417. The van der Waals surface area contributed by atoms with E-state index in [1.54, 1.807) is 6.07 Å². The Labute approximate surface area is 87.0 Å². The summed E-state index contributed by atoms with van der Waals surface area (Å²) in [7, 11) is 0. The van der Waals surface area contributed by atoms with Crippen molar-refractivity contribution < 1.29 is 9.66 Å². The van der Waals surface area contributed by atoms with Gasteiger partial charge in [-0.05, 0) is 12.5 Å². The molecule has 80 valence electrons. The first kappa shape index (κ1) is 9.92. The van der Waals surface area contributed by atoms with E-state index < -0.39 is 4.92 Å². The van der Waals surface area contributed by atoms with Crippen molar-refractivity contribution in [2.75, 3.05) is 6.61 Å². The van der Waals surface area contributed by atoms with Crippen molar-refractivity contribution in [2.24, 2.45) is 5.73 Å². The number of fused-ring (bicyclic) bond motifs is 1. The molecule has 0 saturated carbocycles. The summed E-state index contributed by atoms with van der Waals surface area (Å²) in [6.07, 6.45) is 0.703. The van der Waals surface area contributed by atoms with Gasteiger partial charge in [0.1, 0.15) is 0 Å². The van der Waals surface area contributed by atoms with Crippen molar-refractivity contribution in [1.82, 2.24) is 0 Å². The molecule has 15 heavy (non-hydrogen) atoms. The van der Waals surface area contributed by atoms with Crippen molar-refractivity contribution >= 4 is 5.69 Å². The molecule has 1 aliphatic heterocycles. The maximum Gasteiger partial charge on any atom is 0.311 e. The molecule has 0 spiro atoms. The Kier molecular flexibility index (Phi) is 2.32. The van der Waals surface area contributed by atoms with E-state index in [0.717, 1.165) is 11.1 Å². The molecule has 1 heterocycles. The lowest BCUT2D eigenvalue weighted by Gasteiger charge is -2.24. The van der Waals surface area contributed by atoms with E-state index in [2.05, 4.69) is 0 Å². The highest BCUT2D eigenvalue weighted by Gasteiger charge is 2.27. The van der Waals surface area contributed by atoms with Crippen molar-refractivity contribution in [1.29, 1.82) is 0 Å². The Balaban J connectivity index is 2.63. The van der Waals surface area contributed by atoms with E-state index in [4.69, 9.17) is 10.5 Å². The van der Waals surface area contributed by atoms with Crippen LogP contribution in [0.15, 0.2) is 12.1 Å². The molecule has 0 bridgehead atoms. The molecule has 0 saturated heterocycles. The van der Waals surface area contributed by atoms with Gasteiger partial charge in [-0.3, -0.25) is 10.1 Å². The molecule has 1 atom stereocenters. The number of aryl methyl sites for hydroxylation is 1. The van der Waals surface area contributed by atoms with Crippen LogP contribution in [-0.4, -0.2) is 11.5 Å². The molecule has 0 fully saturated rings. The maximum absolute atomic E-state index is 10.8. The van der Waals surface area contributed by atoms with E-state index >= 15 is 0 Å². The van der Waals surface area contributed by atoms with E-state index in [0.29, 0.717) is 18.8 Å². The zero-order valence-corrected chi connectivity index (χ0v) is 8.40. The molecule has 0 unspecified atom stereocenters. The minimum atomic E-state index is -0.434. The lowest BCUT2D eigenvalue weighted by Crippen LogP contribution is -2.22. The average molecular weight is 208 g/mol. The Morgan fingerprint density at radius 3 is 3.00 bits per heavy atom. The van der Waals surface area contributed by atoms with Crippen LogP contribution >= 0.6 is 0 Å². The second kappa shape index (κ2) is 3.51. The molecule has 0 aliphatic carbocycles. The van der Waals surface area contributed by atoms with Gasteiger partial charge in [-0.2, -0.15) is 0 Å². The second-order valence-electron chi connectivity index (χ2n) is 3.65. The number of hydrogen-bond acceptors (Lipinski definition) is 4.